The summed E-state index contributed by atoms with van der Waals surface area (Å²) < 4.78 is 105. The van der Waals surface area contributed by atoms with E-state index in [0.717, 1.165) is 11.1 Å². The van der Waals surface area contributed by atoms with Crippen LogP contribution in [0, 0.1) is 5.41 Å². The molecule has 0 aliphatic carbocycles. The van der Waals surface area contributed by atoms with Gasteiger partial charge in [-0.3, -0.25) is 15.0 Å². The Morgan fingerprint density at radius 1 is 0.745 bits per heavy atom. The summed E-state index contributed by atoms with van der Waals surface area (Å²) in [5, 5.41) is 30.4. The van der Waals surface area contributed by atoms with Crippen LogP contribution in [-0.4, -0.2) is 77.1 Å². The van der Waals surface area contributed by atoms with E-state index in [9.17, 15) is 49.1 Å². The normalized spacial score (nSPS) is 12.3. The molecule has 0 aromatic heterocycles. The van der Waals surface area contributed by atoms with Gasteiger partial charge in [0.25, 0.3) is 0 Å². The minimum Gasteiger partial charge on any atom is -0.475 e. The van der Waals surface area contributed by atoms with Crippen LogP contribution in [0.5, 0.6) is 5.75 Å². The van der Waals surface area contributed by atoms with Gasteiger partial charge in [0.1, 0.15) is 17.6 Å². The molecule has 0 bridgehead atoms. The van der Waals surface area contributed by atoms with E-state index >= 15 is 0 Å². The molecule has 0 radical (unpaired) electrons. The molecule has 0 unspecified atom stereocenters. The summed E-state index contributed by atoms with van der Waals surface area (Å²) >= 11 is 0. The molecule has 0 aliphatic rings. The van der Waals surface area contributed by atoms with Crippen molar-refractivity contribution < 1.29 is 73.6 Å². The van der Waals surface area contributed by atoms with Crippen LogP contribution in [0.1, 0.15) is 35.6 Å². The number of carbonyl (C=O) groups is 4. The van der Waals surface area contributed by atoms with Crippen molar-refractivity contribution in [1.29, 1.82) is 5.41 Å². The van der Waals surface area contributed by atoms with E-state index in [1.165, 1.54) is 18.2 Å². The fourth-order valence-electron chi connectivity index (χ4n) is 4.09. The number of nitrogens with one attached hydrogen (secondary N) is 4. The third kappa shape index (κ3) is 20.3. The van der Waals surface area contributed by atoms with Crippen molar-refractivity contribution >= 4 is 29.6 Å². The van der Waals surface area contributed by atoms with Crippen LogP contribution in [0.4, 0.5) is 39.5 Å². The third-order valence-corrected chi connectivity index (χ3v) is 6.79. The lowest BCUT2D eigenvalue weighted by Gasteiger charge is -2.21. The maximum Gasteiger partial charge on any atom is 0.573 e. The number of amides is 2. The topological polar surface area (TPSA) is 204 Å². The number of aryl methyl sites for hydroxylation is 1. The van der Waals surface area contributed by atoms with E-state index in [2.05, 4.69) is 20.7 Å². The van der Waals surface area contributed by atoms with E-state index in [1.807, 2.05) is 30.3 Å². The predicted octanol–water partition coefficient (Wildman–Crippen LogP) is 5.09. The van der Waals surface area contributed by atoms with E-state index in [0.29, 0.717) is 36.9 Å². The summed E-state index contributed by atoms with van der Waals surface area (Å²) in [6, 6.07) is 20.8. The van der Waals surface area contributed by atoms with E-state index < -0.39 is 42.7 Å². The molecule has 12 nitrogen and oxygen atoms in total. The van der Waals surface area contributed by atoms with Crippen molar-refractivity contribution in [3.63, 3.8) is 0 Å². The SMILES string of the molecule is C[C@H](NC(=O)[C@@H](CCc1ccccc1)NCCc1cccc(OC(F)(F)F)c1)C(=O)NCc1ccc(C(=N)N)cc1.O=C(O)C(F)(F)F.O=C(O)C(F)(F)F. The van der Waals surface area contributed by atoms with Crippen molar-refractivity contribution in [3.05, 3.63) is 101 Å². The lowest BCUT2D eigenvalue weighted by atomic mass is 10.0. The zero-order valence-corrected chi connectivity index (χ0v) is 28.6. The van der Waals surface area contributed by atoms with Gasteiger partial charge in [0.15, 0.2) is 0 Å². The Morgan fingerprint density at radius 3 is 1.76 bits per heavy atom. The summed E-state index contributed by atoms with van der Waals surface area (Å²) in [5.41, 5.74) is 8.52. The van der Waals surface area contributed by atoms with Gasteiger partial charge in [0, 0.05) is 12.1 Å². The number of rotatable bonds is 14. The molecule has 302 valence electrons. The Labute approximate surface area is 307 Å². The minimum atomic E-state index is -5.08. The first-order chi connectivity index (χ1) is 25.4. The van der Waals surface area contributed by atoms with Gasteiger partial charge in [-0.15, -0.1) is 13.2 Å². The van der Waals surface area contributed by atoms with Gasteiger partial charge in [-0.2, -0.15) is 26.3 Å². The van der Waals surface area contributed by atoms with Gasteiger partial charge >= 0.3 is 30.7 Å². The average molecular weight is 798 g/mol. The summed E-state index contributed by atoms with van der Waals surface area (Å²) in [6.45, 7) is 2.15. The molecule has 55 heavy (non-hydrogen) atoms. The molecule has 0 saturated carbocycles. The number of halogens is 9. The van der Waals surface area contributed by atoms with Crippen LogP contribution in [-0.2, 0) is 38.6 Å². The van der Waals surface area contributed by atoms with Gasteiger partial charge in [-0.1, -0.05) is 66.7 Å². The van der Waals surface area contributed by atoms with Crippen LogP contribution in [0.25, 0.3) is 0 Å². The quantitative estimate of drug-likeness (QED) is 0.0659. The number of amidine groups is 1. The average Bonchev–Trinajstić information content (AvgIpc) is 3.08. The number of carboxylic acids is 2. The van der Waals surface area contributed by atoms with Crippen LogP contribution >= 0.6 is 0 Å². The molecular formula is C34H36F9N5O7. The van der Waals surface area contributed by atoms with Crippen LogP contribution in [0.2, 0.25) is 0 Å². The van der Waals surface area contributed by atoms with E-state index in [-0.39, 0.29) is 29.9 Å². The van der Waals surface area contributed by atoms with Crippen LogP contribution < -0.4 is 26.4 Å². The predicted molar refractivity (Wildman–Crippen MR) is 178 cm³/mol. The molecule has 21 heteroatoms. The second-order valence-electron chi connectivity index (χ2n) is 11.1. The highest BCUT2D eigenvalue weighted by Crippen LogP contribution is 2.23. The maximum absolute atomic E-state index is 13.2. The van der Waals surface area contributed by atoms with Gasteiger partial charge in [-0.05, 0) is 61.6 Å². The first-order valence-electron chi connectivity index (χ1n) is 15.6. The minimum absolute atomic E-state index is 0.0451. The molecule has 0 spiro atoms. The Kier molecular flexibility index (Phi) is 18.6. The fraction of sp³-hybridized carbons (Fsp3) is 0.324. The monoisotopic (exact) mass is 797 g/mol. The van der Waals surface area contributed by atoms with Gasteiger partial charge < -0.3 is 36.6 Å². The molecule has 0 saturated heterocycles. The molecule has 2 amide bonds. The molecule has 0 fully saturated rings. The number of hydrogen-bond donors (Lipinski definition) is 7. The molecule has 8 N–H and O–H groups in total. The number of aliphatic carboxylic acids is 2. The van der Waals surface area contributed by atoms with Crippen LogP contribution in [0.3, 0.4) is 0 Å². The number of nitrogens with two attached hydrogens (primary N) is 1. The number of carboxylic acid groups (broad SMARTS) is 2. The Bertz CT molecular complexity index is 1680. The zero-order valence-electron chi connectivity index (χ0n) is 28.6. The number of benzene rings is 3. The first kappa shape index (κ1) is 47.2. The van der Waals surface area contributed by atoms with E-state index in [4.69, 9.17) is 30.9 Å². The van der Waals surface area contributed by atoms with Gasteiger partial charge in [0.2, 0.25) is 11.8 Å². The lowest BCUT2D eigenvalue weighted by Crippen LogP contribution is -2.52. The van der Waals surface area contributed by atoms with Gasteiger partial charge in [-0.25, -0.2) is 9.59 Å². The van der Waals surface area contributed by atoms with E-state index in [1.54, 1.807) is 37.3 Å². The largest absolute Gasteiger partial charge is 0.573 e. The first-order valence-corrected chi connectivity index (χ1v) is 15.6. The number of alkyl halides is 9. The second-order valence-corrected chi connectivity index (χ2v) is 11.1. The number of carbonyl (C=O) groups excluding carboxylic acids is 2. The Balaban J connectivity index is 0.000000913. The fourth-order valence-corrected chi connectivity index (χ4v) is 4.09. The Morgan fingerprint density at radius 2 is 1.27 bits per heavy atom. The smallest absolute Gasteiger partial charge is 0.475 e. The lowest BCUT2D eigenvalue weighted by molar-refractivity contribution is -0.274. The molecule has 3 aromatic carbocycles. The van der Waals surface area contributed by atoms with Crippen molar-refractivity contribution in [3.8, 4) is 5.75 Å². The van der Waals surface area contributed by atoms with Crippen molar-refractivity contribution in [2.45, 2.75) is 63.5 Å². The highest BCUT2D eigenvalue weighted by Gasteiger charge is 2.39. The highest BCUT2D eigenvalue weighted by atomic mass is 19.4. The molecular weight excluding hydrogens is 761 g/mol. The zero-order chi connectivity index (χ0) is 42.0. The Hall–Kier alpha value is -5.86. The van der Waals surface area contributed by atoms with Gasteiger partial charge in [0.05, 0.1) is 6.04 Å². The number of ether oxygens (including phenoxy) is 1. The van der Waals surface area contributed by atoms with Crippen LogP contribution in [0.15, 0.2) is 78.9 Å². The van der Waals surface area contributed by atoms with Crippen molar-refractivity contribution in [2.75, 3.05) is 6.54 Å². The van der Waals surface area contributed by atoms with Crippen molar-refractivity contribution in [1.82, 2.24) is 16.0 Å². The molecule has 2 atom stereocenters. The standard InChI is InChI=1S/C30H34F3N5O3.2C2HF3O2/c1-20(28(39)37-19-23-10-13-24(14-11-23)27(34)35)38-29(40)26(15-12-21-6-3-2-4-7-21)36-17-16-22-8-5-9-25(18-22)41-30(31,32)33;2*3-2(4,5)1(6)7/h2-11,13-14,18,20,26,36H,12,15-17,19H2,1H3,(H3,34,35)(H,37,39)(H,38,40);2*(H,6,7)/t20-,26+;;/m0../s1. The second kappa shape index (κ2) is 21.7. The highest BCUT2D eigenvalue weighted by molar-refractivity contribution is 5.95. The molecule has 3 rings (SSSR count). The number of nitrogen functional groups attached to an aromatic ring is 1. The maximum atomic E-state index is 13.2. The third-order valence-electron chi connectivity index (χ3n) is 6.79. The van der Waals surface area contributed by atoms with Crippen molar-refractivity contribution in [2.24, 2.45) is 5.73 Å². The number of hydrogen-bond acceptors (Lipinski definition) is 7. The molecule has 0 heterocycles. The molecule has 3 aromatic rings. The summed E-state index contributed by atoms with van der Waals surface area (Å²) in [4.78, 5) is 43.6. The summed E-state index contributed by atoms with van der Waals surface area (Å²) in [6.07, 6.45) is -13.5. The molecule has 0 aliphatic heterocycles. The summed E-state index contributed by atoms with van der Waals surface area (Å²) in [5.74, 6) is -6.58. The summed E-state index contributed by atoms with van der Waals surface area (Å²) in [7, 11) is 0.